The Morgan fingerprint density at radius 2 is 2.00 bits per heavy atom. The number of benzene rings is 1. The summed E-state index contributed by atoms with van der Waals surface area (Å²) in [7, 11) is 1.47. The number of carbonyl (C=O) groups excluding carboxylic acids is 2. The molecule has 2 amide bonds. The Bertz CT molecular complexity index is 739. The van der Waals surface area contributed by atoms with Crippen LogP contribution in [0.3, 0.4) is 0 Å². The molecule has 2 rings (SSSR count). The summed E-state index contributed by atoms with van der Waals surface area (Å²) in [6.07, 6.45) is 0. The highest BCUT2D eigenvalue weighted by Gasteiger charge is 2.21. The topological polar surface area (TPSA) is 99.0 Å². The zero-order valence-corrected chi connectivity index (χ0v) is 14.8. The van der Waals surface area contributed by atoms with Gasteiger partial charge in [-0.05, 0) is 43.3 Å². The molecule has 8 nitrogen and oxygen atoms in total. The van der Waals surface area contributed by atoms with E-state index < -0.39 is 11.8 Å². The molecule has 0 saturated carbocycles. The maximum absolute atomic E-state index is 12.2. The third-order valence-corrected chi connectivity index (χ3v) is 3.93. The Kier molecular flexibility index (Phi) is 5.55. The minimum Gasteiger partial charge on any atom is -0.496 e. The number of hydrogen-bond acceptors (Lipinski definition) is 7. The summed E-state index contributed by atoms with van der Waals surface area (Å²) >= 11 is 1.17. The molecule has 0 aliphatic carbocycles. The first-order valence-electron chi connectivity index (χ1n) is 7.22. The van der Waals surface area contributed by atoms with Crippen LogP contribution in [0.1, 0.15) is 31.1 Å². The first-order valence-corrected chi connectivity index (χ1v) is 8.20. The van der Waals surface area contributed by atoms with Gasteiger partial charge in [-0.1, -0.05) is 23.9 Å². The number of para-hydroxylation sites is 1. The van der Waals surface area contributed by atoms with Crippen molar-refractivity contribution in [1.29, 1.82) is 0 Å². The van der Waals surface area contributed by atoms with Gasteiger partial charge in [0.1, 0.15) is 5.75 Å². The van der Waals surface area contributed by atoms with Gasteiger partial charge in [-0.25, -0.2) is 4.68 Å². The molecule has 9 heteroatoms. The van der Waals surface area contributed by atoms with E-state index in [0.29, 0.717) is 16.5 Å². The molecule has 2 aromatic rings. The smallest absolute Gasteiger partial charge is 0.261 e. The van der Waals surface area contributed by atoms with Crippen LogP contribution in [-0.4, -0.2) is 44.9 Å². The molecule has 1 aromatic heterocycles. The molecule has 0 bridgehead atoms. The van der Waals surface area contributed by atoms with Crippen LogP contribution in [0, 0.1) is 0 Å². The van der Waals surface area contributed by atoms with Gasteiger partial charge in [0.2, 0.25) is 11.1 Å². The number of tetrazole rings is 1. The molecule has 0 saturated heterocycles. The Labute approximate surface area is 144 Å². The van der Waals surface area contributed by atoms with E-state index in [4.69, 9.17) is 4.74 Å². The van der Waals surface area contributed by atoms with Crippen molar-refractivity contribution in [2.45, 2.75) is 31.5 Å². The molecule has 0 spiro atoms. The van der Waals surface area contributed by atoms with Crippen LogP contribution in [-0.2, 0) is 10.3 Å². The Morgan fingerprint density at radius 1 is 1.29 bits per heavy atom. The van der Waals surface area contributed by atoms with E-state index in [9.17, 15) is 9.59 Å². The van der Waals surface area contributed by atoms with E-state index in [-0.39, 0.29) is 11.3 Å². The Hall–Kier alpha value is -2.42. The van der Waals surface area contributed by atoms with Crippen LogP contribution in [0.15, 0.2) is 29.4 Å². The zero-order valence-electron chi connectivity index (χ0n) is 13.9. The number of carbonyl (C=O) groups is 2. The maximum Gasteiger partial charge on any atom is 0.261 e. The minimum absolute atomic E-state index is 0.0251. The lowest BCUT2D eigenvalue weighted by Crippen LogP contribution is -2.32. The predicted molar refractivity (Wildman–Crippen MR) is 89.0 cm³/mol. The van der Waals surface area contributed by atoms with Gasteiger partial charge in [0.25, 0.3) is 5.91 Å². The molecule has 1 N–H and O–H groups in total. The number of ether oxygens (including phenoxy) is 1. The highest BCUT2D eigenvalue weighted by atomic mass is 32.2. The number of thioether (sulfide) groups is 1. The summed E-state index contributed by atoms with van der Waals surface area (Å²) in [5.74, 6) is -0.503. The number of nitrogens with one attached hydrogen (secondary N) is 1. The standard InChI is InChI=1S/C15H19N5O3S/c1-15(2,3)20-14(17-18-19-20)24-9-12(21)16-13(22)10-7-5-6-8-11(10)23-4/h5-8H,9H2,1-4H3,(H,16,21,22). The lowest BCUT2D eigenvalue weighted by Gasteiger charge is -2.19. The van der Waals surface area contributed by atoms with E-state index in [1.54, 1.807) is 28.9 Å². The number of hydrogen-bond donors (Lipinski definition) is 1. The van der Waals surface area contributed by atoms with Crippen molar-refractivity contribution in [1.82, 2.24) is 25.5 Å². The van der Waals surface area contributed by atoms with E-state index in [1.165, 1.54) is 18.9 Å². The summed E-state index contributed by atoms with van der Waals surface area (Å²) < 4.78 is 6.74. The van der Waals surface area contributed by atoms with Crippen LogP contribution in [0.4, 0.5) is 0 Å². The van der Waals surface area contributed by atoms with Crippen LogP contribution < -0.4 is 10.1 Å². The molecule has 0 radical (unpaired) electrons. The van der Waals surface area contributed by atoms with Gasteiger partial charge in [0.15, 0.2) is 0 Å². The fraction of sp³-hybridized carbons (Fsp3) is 0.400. The Balaban J connectivity index is 1.97. The van der Waals surface area contributed by atoms with Gasteiger partial charge in [-0.3, -0.25) is 14.9 Å². The number of imide groups is 1. The number of amides is 2. The zero-order chi connectivity index (χ0) is 17.7. The van der Waals surface area contributed by atoms with Crippen molar-refractivity contribution >= 4 is 23.6 Å². The molecule has 24 heavy (non-hydrogen) atoms. The first kappa shape index (κ1) is 17.9. The monoisotopic (exact) mass is 349 g/mol. The van der Waals surface area contributed by atoms with Crippen molar-refractivity contribution < 1.29 is 14.3 Å². The lowest BCUT2D eigenvalue weighted by molar-refractivity contribution is -0.117. The van der Waals surface area contributed by atoms with E-state index in [2.05, 4.69) is 20.8 Å². The quantitative estimate of drug-likeness (QED) is 0.816. The van der Waals surface area contributed by atoms with Gasteiger partial charge in [-0.15, -0.1) is 5.10 Å². The van der Waals surface area contributed by atoms with Crippen molar-refractivity contribution in [3.05, 3.63) is 29.8 Å². The molecular weight excluding hydrogens is 330 g/mol. The second-order valence-electron chi connectivity index (χ2n) is 5.91. The van der Waals surface area contributed by atoms with Crippen molar-refractivity contribution in [3.63, 3.8) is 0 Å². The highest BCUT2D eigenvalue weighted by Crippen LogP contribution is 2.21. The first-order chi connectivity index (χ1) is 11.3. The molecule has 1 heterocycles. The molecule has 0 fully saturated rings. The minimum atomic E-state index is -0.506. The van der Waals surface area contributed by atoms with Gasteiger partial charge < -0.3 is 4.74 Å². The van der Waals surface area contributed by atoms with Gasteiger partial charge >= 0.3 is 0 Å². The molecule has 128 valence electrons. The average Bonchev–Trinajstić information content (AvgIpc) is 3.01. The van der Waals surface area contributed by atoms with Gasteiger partial charge in [-0.2, -0.15) is 0 Å². The molecule has 0 atom stereocenters. The number of methoxy groups -OCH3 is 1. The number of nitrogens with zero attached hydrogens (tertiary/aromatic N) is 4. The maximum atomic E-state index is 12.2. The molecule has 0 aliphatic heterocycles. The fourth-order valence-corrected chi connectivity index (χ4v) is 2.74. The number of aromatic nitrogens is 4. The average molecular weight is 349 g/mol. The third kappa shape index (κ3) is 4.31. The summed E-state index contributed by atoms with van der Waals surface area (Å²) in [4.78, 5) is 24.2. The van der Waals surface area contributed by atoms with Crippen molar-refractivity contribution in [2.24, 2.45) is 0 Å². The predicted octanol–water partition coefficient (Wildman–Crippen LogP) is 1.49. The second-order valence-corrected chi connectivity index (χ2v) is 6.85. The van der Waals surface area contributed by atoms with E-state index >= 15 is 0 Å². The van der Waals surface area contributed by atoms with Gasteiger partial charge in [0.05, 0.1) is 24.0 Å². The molecular formula is C15H19N5O3S. The SMILES string of the molecule is COc1ccccc1C(=O)NC(=O)CSc1nnnn1C(C)(C)C. The molecule has 0 aliphatic rings. The van der Waals surface area contributed by atoms with Crippen LogP contribution in [0.25, 0.3) is 0 Å². The number of rotatable bonds is 5. The molecule has 1 aromatic carbocycles. The summed E-state index contributed by atoms with van der Waals surface area (Å²) in [5.41, 5.74) is 0.00749. The van der Waals surface area contributed by atoms with Crippen molar-refractivity contribution in [3.8, 4) is 5.75 Å². The lowest BCUT2D eigenvalue weighted by atomic mass is 10.1. The normalized spacial score (nSPS) is 11.2. The highest BCUT2D eigenvalue weighted by molar-refractivity contribution is 7.99. The second kappa shape index (κ2) is 7.43. The summed E-state index contributed by atoms with van der Waals surface area (Å²) in [6, 6.07) is 6.70. The van der Waals surface area contributed by atoms with Crippen LogP contribution in [0.5, 0.6) is 5.75 Å². The fourth-order valence-electron chi connectivity index (χ4n) is 1.88. The van der Waals surface area contributed by atoms with Crippen LogP contribution in [0.2, 0.25) is 0 Å². The third-order valence-electron chi connectivity index (χ3n) is 3.01. The summed E-state index contributed by atoms with van der Waals surface area (Å²) in [6.45, 7) is 5.87. The van der Waals surface area contributed by atoms with Crippen molar-refractivity contribution in [2.75, 3.05) is 12.9 Å². The van der Waals surface area contributed by atoms with E-state index in [0.717, 1.165) is 0 Å². The summed E-state index contributed by atoms with van der Waals surface area (Å²) in [5, 5.41) is 14.3. The largest absolute Gasteiger partial charge is 0.496 e. The van der Waals surface area contributed by atoms with Gasteiger partial charge in [0, 0.05) is 0 Å². The Morgan fingerprint density at radius 3 is 2.67 bits per heavy atom. The van der Waals surface area contributed by atoms with E-state index in [1.807, 2.05) is 20.8 Å². The molecule has 0 unspecified atom stereocenters. The van der Waals surface area contributed by atoms with Crippen LogP contribution >= 0.6 is 11.8 Å².